The Morgan fingerprint density at radius 3 is 0.705 bits per heavy atom. The van der Waals surface area contributed by atoms with E-state index in [4.69, 9.17) is 0 Å². The largest absolute Gasteiger partial charge is 0.393 e. The Labute approximate surface area is 889 Å². The lowest BCUT2D eigenvalue weighted by molar-refractivity contribution is -0.155. The van der Waals surface area contributed by atoms with Gasteiger partial charge in [0.25, 0.3) is 0 Å². The molecule has 0 aromatic heterocycles. The maximum Gasteiger partial charge on any atom is 0.136 e. The fraction of sp³-hybridized carbons (Fsp3) is 0.925. The van der Waals surface area contributed by atoms with E-state index in [2.05, 4.69) is 102 Å². The number of hydrogen-bond acceptors (Lipinski definition) is 12. The van der Waals surface area contributed by atoms with Crippen molar-refractivity contribution >= 4 is 34.7 Å². The lowest BCUT2D eigenvalue weighted by Gasteiger charge is -2.61. The quantitative estimate of drug-likeness (QED) is 0.100. The molecular formula is C134H216O12. The van der Waals surface area contributed by atoms with Crippen molar-refractivity contribution in [2.45, 2.75) is 527 Å². The fourth-order valence-electron chi connectivity index (χ4n) is 49.8. The Bertz CT molecular complexity index is 4460. The van der Waals surface area contributed by atoms with Crippen molar-refractivity contribution in [3.63, 3.8) is 0 Å². The Morgan fingerprint density at radius 1 is 0.253 bits per heavy atom. The SMILES string of the molecule is C=C(C)[C@H]1CC[C@H]2[C@@H]3CC[C@H]4C[C@H](O)CC[C@]4(C)[C@H]3CC[C@]12C(C)=O.C=C[C@H]1CC[C@H]2[C@@H]3CC[C@H]4C[C@H](O)CC[C@]4(C)[C@H]3CC[C@]12C(C)=O.CC(=O)[C@]12CC[C@H]3[C@@H](CC[C@H]4C[C@H](O)CC[C@@]43C)[C@@H]1CC[C@@H]2C(C)C.CC[C@H]1CC[C@H]2[C@@H]3CC[C@H]4C[C@H](O)CC[C@]4(C)[C@H]3CC[C@]12C(C)=O.CC[C@H]1CC[C@H]2[C@@H]3CC[C@H]4C[C@H](O)CC[C@]4(C)[C@H]3CC[C@]12C(C)=O.CC[C@H]1CC[C@H]2[C@@H]3CC[C@H]4C[C@H](O)CC[C@]4(C)[C@H]3CC[C@]12C(C)=O. The summed E-state index contributed by atoms with van der Waals surface area (Å²) in [7, 11) is 0. The highest BCUT2D eigenvalue weighted by Crippen LogP contribution is 2.77. The highest BCUT2D eigenvalue weighted by molar-refractivity contribution is 5.87. The molecule has 12 nitrogen and oxygen atoms in total. The number of carbonyl (C=O) groups is 6. The van der Waals surface area contributed by atoms with Gasteiger partial charge in [-0.15, -0.1) is 6.58 Å². The zero-order chi connectivity index (χ0) is 104. The summed E-state index contributed by atoms with van der Waals surface area (Å²) >= 11 is 0. The van der Waals surface area contributed by atoms with Gasteiger partial charge in [0, 0.05) is 32.5 Å². The molecule has 24 saturated carbocycles. The van der Waals surface area contributed by atoms with Crippen LogP contribution in [-0.4, -0.2) is 102 Å². The maximum atomic E-state index is 13.0. The summed E-state index contributed by atoms with van der Waals surface area (Å²) in [5, 5.41) is 60.9. The van der Waals surface area contributed by atoms with Crippen LogP contribution in [0, 0.1) is 248 Å². The van der Waals surface area contributed by atoms with Crippen LogP contribution in [0.4, 0.5) is 0 Å². The second kappa shape index (κ2) is 42.2. The molecule has 0 unspecified atom stereocenters. The van der Waals surface area contributed by atoms with Crippen LogP contribution in [0.3, 0.4) is 0 Å². The monoisotopic (exact) mass is 2020 g/mol. The molecule has 24 aliphatic carbocycles. The van der Waals surface area contributed by atoms with Gasteiger partial charge in [0.1, 0.15) is 34.7 Å². The average Bonchev–Trinajstić information content (AvgIpc) is 1.58. The summed E-state index contributed by atoms with van der Waals surface area (Å²) in [6.07, 6.45) is 69.3. The van der Waals surface area contributed by atoms with Gasteiger partial charge in [-0.1, -0.05) is 114 Å². The number of fused-ring (bicyclic) bond motifs is 30. The molecule has 24 fully saturated rings. The molecule has 0 aromatic carbocycles. The third-order valence-corrected chi connectivity index (χ3v) is 56.6. The summed E-state index contributed by atoms with van der Waals surface area (Å²) in [6, 6.07) is 0. The zero-order valence-corrected chi connectivity index (χ0v) is 96.3. The van der Waals surface area contributed by atoms with E-state index in [1.54, 1.807) is 0 Å². The first-order valence-electron chi connectivity index (χ1n) is 63.8. The molecule has 12 heteroatoms. The summed E-state index contributed by atoms with van der Waals surface area (Å²) in [5.74, 6) is 24.1. The maximum absolute atomic E-state index is 13.0. The first kappa shape index (κ1) is 111. The minimum absolute atomic E-state index is 0.00723. The molecule has 6 N–H and O–H groups in total. The van der Waals surface area contributed by atoms with E-state index in [1.165, 1.54) is 250 Å². The first-order valence-corrected chi connectivity index (χ1v) is 63.8. The normalized spacial score (nSPS) is 53.2. The number of aliphatic hydroxyl groups is 6. The van der Waals surface area contributed by atoms with Crippen LogP contribution in [0.25, 0.3) is 0 Å². The summed E-state index contributed by atoms with van der Waals surface area (Å²) in [5.41, 5.74) is 3.58. The van der Waals surface area contributed by atoms with Crippen LogP contribution >= 0.6 is 0 Å². The third-order valence-electron chi connectivity index (χ3n) is 56.6. The van der Waals surface area contributed by atoms with E-state index in [9.17, 15) is 59.4 Å². The van der Waals surface area contributed by atoms with Crippen LogP contribution in [-0.2, 0) is 28.8 Å². The lowest BCUT2D eigenvalue weighted by Crippen LogP contribution is -2.56. The fourth-order valence-corrected chi connectivity index (χ4v) is 49.8. The Hall–Kier alpha value is -2.74. The van der Waals surface area contributed by atoms with Crippen LogP contribution in [0.5, 0.6) is 0 Å². The molecule has 0 aromatic rings. The predicted molar refractivity (Wildman–Crippen MR) is 588 cm³/mol. The lowest BCUT2D eigenvalue weighted by atomic mass is 9.43. The molecule has 824 valence electrons. The van der Waals surface area contributed by atoms with E-state index in [0.29, 0.717) is 162 Å². The standard InChI is InChI=1S/C23H38O2.C23H36O2.3C22H36O2.C22H34O2/c2*1-14(2)19-7-8-21-18-6-5-16-13-17(25)9-11-22(16,4)20(18)10-12-23(19,21)15(3)24;4*1-4-15-6-8-20-18-7-5-16-13-17(24)9-11-21(16,3)19(18)10-12-22(15,20)14(2)23/h14,16-21,25H,5-13H2,1-4H3;16-21,25H,1,5-13H2,2-4H3;3*15-20,24H,4-13H2,1-3H3;4,15-20,24H,1,5-13H2,2-3H3/t2*16-,17+,18+,19+,20-,21-,22-,23-;4*15-,16-,17+,18+,19-,20-,21-,22-/m000000/s1. The van der Waals surface area contributed by atoms with Crippen molar-refractivity contribution in [3.05, 3.63) is 24.8 Å². The van der Waals surface area contributed by atoms with Gasteiger partial charge >= 0.3 is 0 Å². The molecule has 48 atom stereocenters. The predicted octanol–water partition coefficient (Wildman–Crippen LogP) is 30.1. The minimum atomic E-state index is -0.107. The van der Waals surface area contributed by atoms with Crippen LogP contribution in [0.15, 0.2) is 24.8 Å². The highest BCUT2D eigenvalue weighted by atomic mass is 16.3. The molecule has 0 aliphatic heterocycles. The van der Waals surface area contributed by atoms with Gasteiger partial charge in [-0.2, -0.15) is 0 Å². The average molecular weight is 2020 g/mol. The first-order chi connectivity index (χ1) is 69.3. The second-order valence-electron chi connectivity index (χ2n) is 60.2. The van der Waals surface area contributed by atoms with E-state index in [0.717, 1.165) is 211 Å². The molecule has 0 radical (unpaired) electrons. The molecule has 0 bridgehead atoms. The Balaban J connectivity index is 0.000000111. The topological polar surface area (TPSA) is 224 Å². The van der Waals surface area contributed by atoms with Crippen LogP contribution < -0.4 is 0 Å². The Morgan fingerprint density at radius 2 is 0.466 bits per heavy atom. The van der Waals surface area contributed by atoms with Gasteiger partial charge in [0.2, 0.25) is 0 Å². The van der Waals surface area contributed by atoms with Gasteiger partial charge in [-0.25, -0.2) is 0 Å². The smallest absolute Gasteiger partial charge is 0.136 e. The zero-order valence-electron chi connectivity index (χ0n) is 96.3. The Kier molecular flexibility index (Phi) is 32.3. The van der Waals surface area contributed by atoms with E-state index in [1.807, 2.05) is 41.5 Å². The molecule has 24 aliphatic rings. The molecule has 0 amide bonds. The van der Waals surface area contributed by atoms with E-state index in [-0.39, 0.29) is 69.1 Å². The van der Waals surface area contributed by atoms with E-state index < -0.39 is 0 Å². The summed E-state index contributed by atoms with van der Waals surface area (Å²) in [4.78, 5) is 77.1. The molecule has 0 spiro atoms. The number of rotatable bonds is 12. The van der Waals surface area contributed by atoms with Crippen molar-refractivity contribution in [3.8, 4) is 0 Å². The summed E-state index contributed by atoms with van der Waals surface area (Å²) < 4.78 is 0. The molecule has 146 heavy (non-hydrogen) atoms. The molecule has 24 rings (SSSR count). The summed E-state index contributed by atoms with van der Waals surface area (Å²) in [6.45, 7) is 48.5. The minimum Gasteiger partial charge on any atom is -0.393 e. The number of hydrogen-bond donors (Lipinski definition) is 6. The number of Topliss-reactive ketones (excluding diaryl/α,β-unsaturated/α-hetero) is 6. The molecule has 0 saturated heterocycles. The van der Waals surface area contributed by atoms with Gasteiger partial charge < -0.3 is 30.6 Å². The second-order valence-corrected chi connectivity index (χ2v) is 60.2. The van der Waals surface area contributed by atoms with Crippen molar-refractivity contribution < 1.29 is 59.4 Å². The van der Waals surface area contributed by atoms with Crippen molar-refractivity contribution in [2.75, 3.05) is 0 Å². The molecule has 0 heterocycles. The third kappa shape index (κ3) is 17.6. The molecular weight excluding hydrogens is 1800 g/mol. The van der Waals surface area contributed by atoms with Crippen molar-refractivity contribution in [2.24, 2.45) is 248 Å². The number of carbonyl (C=O) groups excluding carboxylic acids is 6. The van der Waals surface area contributed by atoms with Crippen LogP contribution in [0.2, 0.25) is 0 Å². The number of allylic oxidation sites excluding steroid dienone is 2. The van der Waals surface area contributed by atoms with Gasteiger partial charge in [0.15, 0.2) is 0 Å². The number of aliphatic hydroxyl groups excluding tert-OH is 6. The van der Waals surface area contributed by atoms with Gasteiger partial charge in [-0.3, -0.25) is 28.8 Å². The van der Waals surface area contributed by atoms with Crippen molar-refractivity contribution in [1.82, 2.24) is 0 Å². The van der Waals surface area contributed by atoms with Crippen LogP contribution in [0.1, 0.15) is 491 Å². The van der Waals surface area contributed by atoms with E-state index >= 15 is 0 Å². The highest BCUT2D eigenvalue weighted by Gasteiger charge is 2.72. The van der Waals surface area contributed by atoms with Crippen molar-refractivity contribution in [1.29, 1.82) is 0 Å². The van der Waals surface area contributed by atoms with Gasteiger partial charge in [-0.05, 0) is 611 Å². The number of ketones is 6. The van der Waals surface area contributed by atoms with Gasteiger partial charge in [0.05, 0.1) is 36.6 Å².